The van der Waals surface area contributed by atoms with Gasteiger partial charge in [0, 0.05) is 39.5 Å². The number of fused-ring (bicyclic) bond motifs is 5. The Kier molecular flexibility index (Phi) is 6.86. The molecule has 0 atom stereocenters. The van der Waals surface area contributed by atoms with Gasteiger partial charge in [-0.25, -0.2) is 0 Å². The molecule has 246 valence electrons. The lowest BCUT2D eigenvalue weighted by atomic mass is 9.93. The molecule has 10 rings (SSSR count). The van der Waals surface area contributed by atoms with Gasteiger partial charge in [-0.2, -0.15) is 4.98 Å². The molecule has 0 unspecified atom stereocenters. The van der Waals surface area contributed by atoms with Crippen LogP contribution in [-0.4, -0.2) is 19.6 Å². The molecule has 6 nitrogen and oxygen atoms in total. The zero-order valence-corrected chi connectivity index (χ0v) is 27.8. The van der Waals surface area contributed by atoms with Crippen molar-refractivity contribution in [1.82, 2.24) is 14.5 Å². The molecule has 0 saturated carbocycles. The van der Waals surface area contributed by atoms with Crippen LogP contribution in [0.25, 0.3) is 82.9 Å². The van der Waals surface area contributed by atoms with Gasteiger partial charge in [0.2, 0.25) is 0 Å². The van der Waals surface area contributed by atoms with Crippen molar-refractivity contribution < 1.29 is 14.3 Å². The predicted octanol–water partition coefficient (Wildman–Crippen LogP) is 12.0. The minimum Gasteiger partial charge on any atom is -0.504 e. The third-order valence-corrected chi connectivity index (χ3v) is 9.63. The minimum absolute atomic E-state index is 0.0405. The average Bonchev–Trinajstić information content (AvgIpc) is 3.75. The van der Waals surface area contributed by atoms with E-state index in [1.807, 2.05) is 89.6 Å². The van der Waals surface area contributed by atoms with Gasteiger partial charge in [-0.15, -0.1) is 0 Å². The van der Waals surface area contributed by atoms with Crippen molar-refractivity contribution in [3.8, 4) is 56.7 Å². The maximum Gasteiger partial charge on any atom is 0.307 e. The highest BCUT2D eigenvalue weighted by molar-refractivity contribution is 6.06. The van der Waals surface area contributed by atoms with E-state index in [4.69, 9.17) is 19.1 Å². The van der Waals surface area contributed by atoms with E-state index < -0.39 is 0 Å². The summed E-state index contributed by atoms with van der Waals surface area (Å²) < 4.78 is 14.6. The second-order valence-corrected chi connectivity index (χ2v) is 12.8. The van der Waals surface area contributed by atoms with Crippen molar-refractivity contribution in [2.24, 2.45) is 0 Å². The lowest BCUT2D eigenvalue weighted by Gasteiger charge is -2.13. The first-order valence-corrected chi connectivity index (χ1v) is 17.1. The van der Waals surface area contributed by atoms with Gasteiger partial charge in [-0.05, 0) is 76.7 Å². The van der Waals surface area contributed by atoms with E-state index in [1.54, 1.807) is 6.07 Å². The molecular formula is C46H29N3O3. The maximum atomic E-state index is 11.2. The molecule has 0 spiro atoms. The van der Waals surface area contributed by atoms with E-state index in [0.29, 0.717) is 11.6 Å². The van der Waals surface area contributed by atoms with Gasteiger partial charge < -0.3 is 14.3 Å². The second-order valence-electron chi connectivity index (χ2n) is 12.8. The zero-order chi connectivity index (χ0) is 34.6. The number of phenolic OH excluding ortho intramolecular Hbond substituents is 1. The van der Waals surface area contributed by atoms with Gasteiger partial charge >= 0.3 is 6.01 Å². The normalized spacial score (nSPS) is 11.5. The van der Waals surface area contributed by atoms with Gasteiger partial charge in [0.1, 0.15) is 16.7 Å². The number of para-hydroxylation sites is 3. The van der Waals surface area contributed by atoms with E-state index in [-0.39, 0.29) is 11.5 Å². The summed E-state index contributed by atoms with van der Waals surface area (Å²) in [5.41, 5.74) is 9.87. The fourth-order valence-electron chi connectivity index (χ4n) is 7.19. The Morgan fingerprint density at radius 3 is 2.15 bits per heavy atom. The summed E-state index contributed by atoms with van der Waals surface area (Å²) in [5, 5.41) is 15.2. The Balaban J connectivity index is 1.19. The topological polar surface area (TPSA) is 73.3 Å². The number of benzene rings is 7. The van der Waals surface area contributed by atoms with Crippen LogP contribution in [0.2, 0.25) is 0 Å². The summed E-state index contributed by atoms with van der Waals surface area (Å²) >= 11 is 0. The van der Waals surface area contributed by atoms with Crippen molar-refractivity contribution in [2.45, 2.75) is 0 Å². The van der Waals surface area contributed by atoms with E-state index in [9.17, 15) is 5.11 Å². The van der Waals surface area contributed by atoms with E-state index in [2.05, 4.69) is 78.9 Å². The number of pyridine rings is 1. The highest BCUT2D eigenvalue weighted by Gasteiger charge is 2.21. The number of hydrogen-bond donors (Lipinski definition) is 1. The number of aromatic hydroxyl groups is 1. The molecule has 0 aliphatic carbocycles. The predicted molar refractivity (Wildman–Crippen MR) is 208 cm³/mol. The van der Waals surface area contributed by atoms with Crippen LogP contribution in [0.4, 0.5) is 0 Å². The molecule has 0 bridgehead atoms. The number of hydrogen-bond acceptors (Lipinski definition) is 5. The number of rotatable bonds is 6. The summed E-state index contributed by atoms with van der Waals surface area (Å²) in [6.07, 6.45) is 1.87. The van der Waals surface area contributed by atoms with E-state index >= 15 is 0 Å². The standard InChI is InChI=1S/C46H29N3O3/c50-40-28-42-38(37-18-9-10-21-41(37)51-42)27-43(40)52-46-48-45-36(19-11-20-39(45)49(46)34-15-5-2-6-16-34)32-24-31(29-12-3-1-4-13-29)25-33(26-32)44-35-17-8-7-14-30(35)22-23-47-44/h1-28,50H. The Morgan fingerprint density at radius 2 is 1.29 bits per heavy atom. The molecule has 3 aromatic heterocycles. The van der Waals surface area contributed by atoms with Crippen LogP contribution in [0.5, 0.6) is 17.5 Å². The lowest BCUT2D eigenvalue weighted by Crippen LogP contribution is -1.98. The van der Waals surface area contributed by atoms with E-state index in [1.165, 1.54) is 0 Å². The third kappa shape index (κ3) is 4.96. The molecule has 0 aliphatic rings. The lowest BCUT2D eigenvalue weighted by molar-refractivity contribution is 0.390. The molecule has 0 saturated heterocycles. The van der Waals surface area contributed by atoms with E-state index in [0.717, 1.165) is 77.4 Å². The first kappa shape index (κ1) is 29.7. The Morgan fingerprint density at radius 1 is 0.558 bits per heavy atom. The van der Waals surface area contributed by atoms with Crippen LogP contribution < -0.4 is 4.74 Å². The molecule has 0 fully saturated rings. The number of furan rings is 1. The van der Waals surface area contributed by atoms with Crippen LogP contribution in [0.3, 0.4) is 0 Å². The maximum absolute atomic E-state index is 11.2. The third-order valence-electron chi connectivity index (χ3n) is 9.63. The smallest absolute Gasteiger partial charge is 0.307 e. The zero-order valence-electron chi connectivity index (χ0n) is 27.8. The Bertz CT molecular complexity index is 2940. The van der Waals surface area contributed by atoms with Crippen LogP contribution >= 0.6 is 0 Å². The molecule has 1 N–H and O–H groups in total. The largest absolute Gasteiger partial charge is 0.504 e. The number of imidazole rings is 1. The van der Waals surface area contributed by atoms with Crippen molar-refractivity contribution in [1.29, 1.82) is 0 Å². The van der Waals surface area contributed by atoms with Gasteiger partial charge in [-0.1, -0.05) is 103 Å². The number of phenols is 1. The average molecular weight is 672 g/mol. The van der Waals surface area contributed by atoms with Gasteiger partial charge in [-0.3, -0.25) is 9.55 Å². The van der Waals surface area contributed by atoms with Crippen molar-refractivity contribution in [3.05, 3.63) is 170 Å². The summed E-state index contributed by atoms with van der Waals surface area (Å²) in [7, 11) is 0. The number of aromatic nitrogens is 3. The first-order valence-electron chi connectivity index (χ1n) is 17.1. The van der Waals surface area contributed by atoms with Crippen molar-refractivity contribution in [2.75, 3.05) is 0 Å². The minimum atomic E-state index is -0.0405. The second kappa shape index (κ2) is 12.0. The summed E-state index contributed by atoms with van der Waals surface area (Å²) in [6, 6.07) is 55.2. The van der Waals surface area contributed by atoms with Gasteiger partial charge in [0.05, 0.1) is 16.9 Å². The fraction of sp³-hybridized carbons (Fsp3) is 0. The molecule has 0 radical (unpaired) electrons. The van der Waals surface area contributed by atoms with Crippen LogP contribution in [0.1, 0.15) is 0 Å². The van der Waals surface area contributed by atoms with Gasteiger partial charge in [0.25, 0.3) is 0 Å². The van der Waals surface area contributed by atoms with Crippen molar-refractivity contribution in [3.63, 3.8) is 0 Å². The van der Waals surface area contributed by atoms with Crippen LogP contribution in [0, 0.1) is 0 Å². The SMILES string of the molecule is Oc1cc2oc3ccccc3c2cc1Oc1nc2c(-c3cc(-c4ccccc4)cc(-c4nccc5ccccc45)c3)cccc2n1-c1ccccc1. The van der Waals surface area contributed by atoms with Crippen molar-refractivity contribution >= 4 is 43.7 Å². The Hall–Kier alpha value is -7.18. The molecule has 7 aromatic carbocycles. The fourth-order valence-corrected chi connectivity index (χ4v) is 7.19. The first-order chi connectivity index (χ1) is 25.7. The highest BCUT2D eigenvalue weighted by Crippen LogP contribution is 2.42. The summed E-state index contributed by atoms with van der Waals surface area (Å²) in [4.78, 5) is 10.1. The quantitative estimate of drug-likeness (QED) is 0.190. The molecular weight excluding hydrogens is 643 g/mol. The summed E-state index contributed by atoms with van der Waals surface area (Å²) in [5.74, 6) is 0.240. The number of ether oxygens (including phenoxy) is 1. The monoisotopic (exact) mass is 671 g/mol. The molecule has 0 aliphatic heterocycles. The molecule has 3 heterocycles. The molecule has 10 aromatic rings. The molecule has 6 heteroatoms. The molecule has 0 amide bonds. The van der Waals surface area contributed by atoms with Gasteiger partial charge in [0.15, 0.2) is 11.5 Å². The molecule has 52 heavy (non-hydrogen) atoms. The van der Waals surface area contributed by atoms with Crippen LogP contribution in [-0.2, 0) is 0 Å². The summed E-state index contributed by atoms with van der Waals surface area (Å²) in [6.45, 7) is 0. The van der Waals surface area contributed by atoms with Crippen LogP contribution in [0.15, 0.2) is 174 Å². The number of nitrogens with zero attached hydrogens (tertiary/aromatic N) is 3. The Labute approximate surface area is 298 Å². The highest BCUT2D eigenvalue weighted by atomic mass is 16.5.